The summed E-state index contributed by atoms with van der Waals surface area (Å²) < 4.78 is 4.53. The number of primary amides is 1. The third kappa shape index (κ3) is 4.22. The Morgan fingerprint density at radius 2 is 2.05 bits per heavy atom. The Morgan fingerprint density at radius 3 is 2.71 bits per heavy atom. The fourth-order valence-corrected chi connectivity index (χ4v) is 3.05. The lowest BCUT2D eigenvalue weighted by molar-refractivity contribution is 0.0941. The van der Waals surface area contributed by atoms with Crippen molar-refractivity contribution in [1.82, 2.24) is 10.3 Å². The van der Waals surface area contributed by atoms with Gasteiger partial charge < -0.3 is 26.4 Å². The van der Waals surface area contributed by atoms with Crippen molar-refractivity contribution < 1.29 is 14.3 Å². The summed E-state index contributed by atoms with van der Waals surface area (Å²) in [7, 11) is 0. The predicted molar refractivity (Wildman–Crippen MR) is 80.5 cm³/mol. The number of rotatable bonds is 5. The number of carbonyl (C=O) groups is 2. The number of ether oxygens (including phenoxy) is 1. The third-order valence-corrected chi connectivity index (χ3v) is 4.24. The number of nitrogens with one attached hydrogen (secondary N) is 1. The first-order chi connectivity index (χ1) is 10.1. The maximum Gasteiger partial charge on any atom is 0.404 e. The van der Waals surface area contributed by atoms with Crippen LogP contribution in [-0.4, -0.2) is 43.2 Å². The molecule has 0 unspecified atom stereocenters. The van der Waals surface area contributed by atoms with E-state index in [0.717, 1.165) is 31.1 Å². The van der Waals surface area contributed by atoms with Crippen LogP contribution < -0.4 is 21.7 Å². The SMILES string of the molecule is NC(=O)OCCNC(=O)c1sc(N2CCCCC2)nc1N. The molecule has 0 aromatic carbocycles. The van der Waals surface area contributed by atoms with E-state index in [1.165, 1.54) is 17.8 Å². The highest BCUT2D eigenvalue weighted by atomic mass is 32.1. The van der Waals surface area contributed by atoms with Crippen molar-refractivity contribution in [1.29, 1.82) is 0 Å². The van der Waals surface area contributed by atoms with E-state index in [4.69, 9.17) is 11.5 Å². The summed E-state index contributed by atoms with van der Waals surface area (Å²) in [6.45, 7) is 2.10. The van der Waals surface area contributed by atoms with E-state index in [-0.39, 0.29) is 24.9 Å². The highest BCUT2D eigenvalue weighted by Crippen LogP contribution is 2.29. The minimum absolute atomic E-state index is 0.0266. The van der Waals surface area contributed by atoms with Crippen molar-refractivity contribution in [2.45, 2.75) is 19.3 Å². The number of piperidine rings is 1. The van der Waals surface area contributed by atoms with Crippen LogP contribution in [0.15, 0.2) is 0 Å². The van der Waals surface area contributed by atoms with E-state index in [0.29, 0.717) is 4.88 Å². The van der Waals surface area contributed by atoms with Crippen molar-refractivity contribution >= 4 is 34.3 Å². The van der Waals surface area contributed by atoms with Gasteiger partial charge in [-0.3, -0.25) is 4.79 Å². The number of carbonyl (C=O) groups excluding carboxylic acids is 2. The fraction of sp³-hybridized carbons (Fsp3) is 0.583. The average Bonchev–Trinajstić information content (AvgIpc) is 2.86. The smallest absolute Gasteiger partial charge is 0.404 e. The van der Waals surface area contributed by atoms with Gasteiger partial charge in [0.05, 0.1) is 6.54 Å². The van der Waals surface area contributed by atoms with Crippen LogP contribution in [0, 0.1) is 0 Å². The van der Waals surface area contributed by atoms with Gasteiger partial charge in [0.2, 0.25) is 0 Å². The highest BCUT2D eigenvalue weighted by molar-refractivity contribution is 7.18. The number of aromatic nitrogens is 1. The van der Waals surface area contributed by atoms with Gasteiger partial charge in [0.1, 0.15) is 17.3 Å². The second kappa shape index (κ2) is 7.11. The van der Waals surface area contributed by atoms with Crippen molar-refractivity contribution in [3.8, 4) is 0 Å². The minimum atomic E-state index is -0.867. The van der Waals surface area contributed by atoms with Crippen LogP contribution in [0.4, 0.5) is 15.7 Å². The summed E-state index contributed by atoms with van der Waals surface area (Å²) in [5.74, 6) is -0.0878. The molecule has 5 N–H and O–H groups in total. The van der Waals surface area contributed by atoms with Crippen LogP contribution in [0.5, 0.6) is 0 Å². The lowest BCUT2D eigenvalue weighted by Gasteiger charge is -2.25. The van der Waals surface area contributed by atoms with Gasteiger partial charge in [0.15, 0.2) is 5.13 Å². The first-order valence-corrected chi connectivity index (χ1v) is 7.61. The maximum absolute atomic E-state index is 12.0. The maximum atomic E-state index is 12.0. The molecule has 2 amide bonds. The van der Waals surface area contributed by atoms with E-state index in [2.05, 4.69) is 19.9 Å². The second-order valence-corrected chi connectivity index (χ2v) is 5.66. The average molecular weight is 313 g/mol. The zero-order valence-corrected chi connectivity index (χ0v) is 12.4. The molecule has 0 bridgehead atoms. The van der Waals surface area contributed by atoms with E-state index in [1.807, 2.05) is 0 Å². The van der Waals surface area contributed by atoms with Gasteiger partial charge in [-0.15, -0.1) is 0 Å². The van der Waals surface area contributed by atoms with Crippen LogP contribution in [0.25, 0.3) is 0 Å². The Balaban J connectivity index is 1.91. The Kier molecular flexibility index (Phi) is 5.20. The lowest BCUT2D eigenvalue weighted by atomic mass is 10.1. The van der Waals surface area contributed by atoms with Crippen LogP contribution in [0.2, 0.25) is 0 Å². The van der Waals surface area contributed by atoms with Crippen molar-refractivity contribution in [2.24, 2.45) is 5.73 Å². The molecule has 1 aromatic heterocycles. The molecule has 0 aliphatic carbocycles. The number of nitrogen functional groups attached to an aromatic ring is 1. The van der Waals surface area contributed by atoms with Crippen LogP contribution in [0.1, 0.15) is 28.9 Å². The molecule has 21 heavy (non-hydrogen) atoms. The summed E-state index contributed by atoms with van der Waals surface area (Å²) >= 11 is 1.28. The molecule has 0 saturated carbocycles. The van der Waals surface area contributed by atoms with Gasteiger partial charge >= 0.3 is 6.09 Å². The van der Waals surface area contributed by atoms with Crippen LogP contribution in [-0.2, 0) is 4.74 Å². The molecule has 1 aromatic rings. The number of nitrogens with two attached hydrogens (primary N) is 2. The first-order valence-electron chi connectivity index (χ1n) is 6.79. The largest absolute Gasteiger partial charge is 0.448 e. The Hall–Kier alpha value is -2.03. The van der Waals surface area contributed by atoms with Gasteiger partial charge in [-0.2, -0.15) is 0 Å². The van der Waals surface area contributed by atoms with Crippen molar-refractivity contribution in [3.05, 3.63) is 4.88 Å². The van der Waals surface area contributed by atoms with Gasteiger partial charge in [0, 0.05) is 13.1 Å². The van der Waals surface area contributed by atoms with E-state index >= 15 is 0 Å². The predicted octanol–water partition coefficient (Wildman–Crippen LogP) is 0.541. The fourth-order valence-electron chi connectivity index (χ4n) is 2.10. The number of nitrogens with zero attached hydrogens (tertiary/aromatic N) is 2. The molecule has 2 rings (SSSR count). The lowest BCUT2D eigenvalue weighted by Crippen LogP contribution is -2.29. The van der Waals surface area contributed by atoms with Gasteiger partial charge in [-0.25, -0.2) is 9.78 Å². The Morgan fingerprint density at radius 1 is 1.33 bits per heavy atom. The molecule has 0 spiro atoms. The number of amides is 2. The Bertz CT molecular complexity index is 513. The molecular weight excluding hydrogens is 294 g/mol. The van der Waals surface area contributed by atoms with E-state index in [1.54, 1.807) is 0 Å². The van der Waals surface area contributed by atoms with Crippen molar-refractivity contribution in [3.63, 3.8) is 0 Å². The van der Waals surface area contributed by atoms with Crippen molar-refractivity contribution in [2.75, 3.05) is 36.9 Å². The summed E-state index contributed by atoms with van der Waals surface area (Å²) in [5, 5.41) is 3.39. The molecule has 0 radical (unpaired) electrons. The quantitative estimate of drug-likeness (QED) is 0.682. The van der Waals surface area contributed by atoms with Gasteiger partial charge in [0.25, 0.3) is 5.91 Å². The standard InChI is InChI=1S/C12H19N5O3S/c13-9-8(10(18)15-4-7-20-11(14)19)21-12(16-9)17-5-2-1-3-6-17/h1-7,13H2,(H2,14,19)(H,15,18). The Labute approximate surface area is 126 Å². The van der Waals surface area contributed by atoms with Gasteiger partial charge in [-0.05, 0) is 19.3 Å². The van der Waals surface area contributed by atoms with Gasteiger partial charge in [-0.1, -0.05) is 11.3 Å². The molecule has 9 heteroatoms. The molecule has 1 aliphatic heterocycles. The topological polar surface area (TPSA) is 124 Å². The number of hydrogen-bond donors (Lipinski definition) is 3. The summed E-state index contributed by atoms with van der Waals surface area (Å²) in [6, 6.07) is 0. The monoisotopic (exact) mass is 313 g/mol. The molecule has 1 saturated heterocycles. The van der Waals surface area contributed by atoms with E-state index < -0.39 is 6.09 Å². The summed E-state index contributed by atoms with van der Waals surface area (Å²) in [6.07, 6.45) is 2.62. The molecule has 1 fully saturated rings. The van der Waals surface area contributed by atoms with Crippen LogP contribution >= 0.6 is 11.3 Å². The zero-order valence-electron chi connectivity index (χ0n) is 11.6. The number of anilines is 2. The van der Waals surface area contributed by atoms with Crippen LogP contribution in [0.3, 0.4) is 0 Å². The summed E-state index contributed by atoms with van der Waals surface area (Å²) in [5.41, 5.74) is 10.6. The molecule has 0 atom stereocenters. The molecule has 1 aliphatic rings. The summed E-state index contributed by atoms with van der Waals surface area (Å²) in [4.78, 5) is 29.2. The molecular formula is C12H19N5O3S. The normalized spacial score (nSPS) is 14.8. The van der Waals surface area contributed by atoms with E-state index in [9.17, 15) is 9.59 Å². The molecule has 116 valence electrons. The first kappa shape index (κ1) is 15.4. The highest BCUT2D eigenvalue weighted by Gasteiger charge is 2.20. The molecule has 8 nitrogen and oxygen atoms in total. The minimum Gasteiger partial charge on any atom is -0.448 e. The third-order valence-electron chi connectivity index (χ3n) is 3.11. The zero-order chi connectivity index (χ0) is 15.2. The number of thiazole rings is 1. The second-order valence-electron chi connectivity index (χ2n) is 4.68. The number of hydrogen-bond acceptors (Lipinski definition) is 7. The molecule has 2 heterocycles.